The molecule has 0 saturated heterocycles. The van der Waals surface area contributed by atoms with E-state index in [4.69, 9.17) is 16.9 Å². The second kappa shape index (κ2) is 7.10. The van der Waals surface area contributed by atoms with Crippen molar-refractivity contribution >= 4 is 11.6 Å². The predicted molar refractivity (Wildman–Crippen MR) is 104 cm³/mol. The summed E-state index contributed by atoms with van der Waals surface area (Å²) in [6.45, 7) is 0.376. The lowest BCUT2D eigenvalue weighted by atomic mass is 10.2. The molecule has 0 atom stereocenters. The van der Waals surface area contributed by atoms with Crippen LogP contribution < -0.4 is 11.2 Å². The van der Waals surface area contributed by atoms with Crippen molar-refractivity contribution in [2.75, 3.05) is 0 Å². The van der Waals surface area contributed by atoms with Gasteiger partial charge >= 0.3 is 5.69 Å². The zero-order valence-corrected chi connectivity index (χ0v) is 15.2. The Kier molecular flexibility index (Phi) is 4.47. The number of benzene rings is 1. The molecule has 0 unspecified atom stereocenters. The highest BCUT2D eigenvalue weighted by molar-refractivity contribution is 6.29. The minimum absolute atomic E-state index is 0.278. The van der Waals surface area contributed by atoms with Gasteiger partial charge in [0.05, 0.1) is 29.4 Å². The third-order valence-electron chi connectivity index (χ3n) is 4.24. The molecule has 1 aromatic heterocycles. The van der Waals surface area contributed by atoms with Crippen molar-refractivity contribution in [3.05, 3.63) is 98.0 Å². The van der Waals surface area contributed by atoms with Crippen LogP contribution >= 0.6 is 11.6 Å². The quantitative estimate of drug-likeness (QED) is 0.502. The van der Waals surface area contributed by atoms with Gasteiger partial charge in [-0.15, -0.1) is 0 Å². The van der Waals surface area contributed by atoms with Crippen molar-refractivity contribution in [3.63, 3.8) is 0 Å². The molecule has 28 heavy (non-hydrogen) atoms. The molecule has 0 radical (unpaired) electrons. The summed E-state index contributed by atoms with van der Waals surface area (Å²) in [6.07, 6.45) is 3.37. The molecule has 0 amide bonds. The van der Waals surface area contributed by atoms with Gasteiger partial charge in [-0.3, -0.25) is 4.79 Å². The number of aromatic nitrogens is 4. The number of halogens is 1. The molecule has 0 bridgehead atoms. The molecule has 136 valence electrons. The van der Waals surface area contributed by atoms with Crippen molar-refractivity contribution in [3.8, 4) is 23.1 Å². The molecule has 0 spiro atoms. The Hall–Kier alpha value is -3.76. The Morgan fingerprint density at radius 1 is 1.11 bits per heavy atom. The van der Waals surface area contributed by atoms with Crippen molar-refractivity contribution in [2.24, 2.45) is 0 Å². The van der Waals surface area contributed by atoms with Crippen LogP contribution in [0.5, 0.6) is 0 Å². The number of fused-ring (bicyclic) bond motifs is 1. The second-order valence-electron chi connectivity index (χ2n) is 6.06. The predicted octanol–water partition coefficient (Wildman–Crippen LogP) is 2.47. The Morgan fingerprint density at radius 2 is 1.96 bits per heavy atom. The zero-order chi connectivity index (χ0) is 19.7. The highest BCUT2D eigenvalue weighted by Gasteiger charge is 2.18. The van der Waals surface area contributed by atoms with Gasteiger partial charge in [0.2, 0.25) is 0 Å². The first-order valence-electron chi connectivity index (χ1n) is 8.30. The van der Waals surface area contributed by atoms with E-state index in [0.29, 0.717) is 28.5 Å². The Balaban J connectivity index is 1.87. The molecular formula is C20H12ClN5O2. The summed E-state index contributed by atoms with van der Waals surface area (Å²) in [5.74, 6) is 0.278. The summed E-state index contributed by atoms with van der Waals surface area (Å²) in [7, 11) is 0. The molecule has 1 aromatic carbocycles. The number of nitrogens with zero attached hydrogens (tertiary/aromatic N) is 5. The van der Waals surface area contributed by atoms with Crippen molar-refractivity contribution in [1.82, 2.24) is 19.1 Å². The lowest BCUT2D eigenvalue weighted by Crippen LogP contribution is -2.36. The fourth-order valence-electron chi connectivity index (χ4n) is 2.95. The van der Waals surface area contributed by atoms with Crippen LogP contribution in [0, 0.1) is 11.3 Å². The first kappa shape index (κ1) is 17.6. The van der Waals surface area contributed by atoms with E-state index in [1.807, 2.05) is 12.1 Å². The van der Waals surface area contributed by atoms with Gasteiger partial charge in [0.1, 0.15) is 5.15 Å². The fourth-order valence-corrected chi connectivity index (χ4v) is 3.06. The maximum atomic E-state index is 13.0. The maximum absolute atomic E-state index is 13.0. The van der Waals surface area contributed by atoms with Crippen LogP contribution in [-0.2, 0) is 6.54 Å². The van der Waals surface area contributed by atoms with E-state index in [1.165, 1.54) is 6.07 Å². The molecular weight excluding hydrogens is 378 g/mol. The van der Waals surface area contributed by atoms with Crippen LogP contribution in [0.3, 0.4) is 0 Å². The van der Waals surface area contributed by atoms with Gasteiger partial charge in [-0.05, 0) is 42.0 Å². The van der Waals surface area contributed by atoms with E-state index in [0.717, 1.165) is 10.1 Å². The fraction of sp³-hybridized carbons (Fsp3) is 0.0500. The van der Waals surface area contributed by atoms with E-state index < -0.39 is 11.2 Å². The van der Waals surface area contributed by atoms with Crippen LogP contribution in [-0.4, -0.2) is 19.1 Å². The summed E-state index contributed by atoms with van der Waals surface area (Å²) in [5, 5.41) is 9.45. The minimum atomic E-state index is -0.707. The average Bonchev–Trinajstić information content (AvgIpc) is 2.70. The Bertz CT molecular complexity index is 1300. The third kappa shape index (κ3) is 3.17. The number of rotatable bonds is 3. The van der Waals surface area contributed by atoms with Gasteiger partial charge in [0.25, 0.3) is 5.56 Å². The summed E-state index contributed by atoms with van der Waals surface area (Å²) in [6, 6.07) is 15.1. The molecule has 0 fully saturated rings. The minimum Gasteiger partial charge on any atom is -0.328 e. The smallest absolute Gasteiger partial charge is 0.328 e. The van der Waals surface area contributed by atoms with E-state index in [1.54, 1.807) is 53.4 Å². The van der Waals surface area contributed by atoms with Gasteiger partial charge in [-0.1, -0.05) is 23.7 Å². The van der Waals surface area contributed by atoms with Gasteiger partial charge in [0.15, 0.2) is 5.82 Å². The number of hydrogen-bond donors (Lipinski definition) is 0. The number of pyridine rings is 2. The molecule has 0 saturated carbocycles. The monoisotopic (exact) mass is 389 g/mol. The van der Waals surface area contributed by atoms with Crippen LogP contribution in [0.1, 0.15) is 11.1 Å². The maximum Gasteiger partial charge on any atom is 0.357 e. The van der Waals surface area contributed by atoms with Crippen LogP contribution in [0.2, 0.25) is 5.15 Å². The van der Waals surface area contributed by atoms with Gasteiger partial charge in [-0.2, -0.15) is 10.2 Å². The molecule has 2 aliphatic heterocycles. The van der Waals surface area contributed by atoms with E-state index >= 15 is 0 Å². The van der Waals surface area contributed by atoms with Crippen LogP contribution in [0.15, 0.2) is 70.5 Å². The highest BCUT2D eigenvalue weighted by atomic mass is 35.5. The summed E-state index contributed by atoms with van der Waals surface area (Å²) in [4.78, 5) is 33.8. The normalized spacial score (nSPS) is 10.7. The van der Waals surface area contributed by atoms with Crippen molar-refractivity contribution < 1.29 is 0 Å². The topological polar surface area (TPSA) is 93.6 Å². The van der Waals surface area contributed by atoms with E-state index in [9.17, 15) is 9.59 Å². The lowest BCUT2D eigenvalue weighted by Gasteiger charge is -2.15. The Morgan fingerprint density at radius 3 is 2.71 bits per heavy atom. The van der Waals surface area contributed by atoms with Gasteiger partial charge < -0.3 is 4.57 Å². The molecule has 8 heteroatoms. The summed E-state index contributed by atoms with van der Waals surface area (Å²) in [5.41, 5.74) is 0.604. The summed E-state index contributed by atoms with van der Waals surface area (Å²) >= 11 is 5.81. The first-order chi connectivity index (χ1) is 13.6. The van der Waals surface area contributed by atoms with Gasteiger partial charge in [-0.25, -0.2) is 14.3 Å². The van der Waals surface area contributed by atoms with E-state index in [2.05, 4.69) is 9.97 Å². The highest BCUT2D eigenvalue weighted by Crippen LogP contribution is 2.17. The standard InChI is InChI=1S/C20H12ClN5O2/c21-17-7-6-14(11-23-17)12-25-8-2-5-16-18(25)24-20(28)26(19(16)27)15-4-1-3-13(9-15)10-22/h1-9,11H,12H2. The Labute approximate surface area is 164 Å². The summed E-state index contributed by atoms with van der Waals surface area (Å²) < 4.78 is 2.68. The molecule has 4 rings (SSSR count). The van der Waals surface area contributed by atoms with Gasteiger partial charge in [0, 0.05) is 12.4 Å². The van der Waals surface area contributed by atoms with E-state index in [-0.39, 0.29) is 5.82 Å². The zero-order valence-electron chi connectivity index (χ0n) is 14.4. The van der Waals surface area contributed by atoms with Crippen molar-refractivity contribution in [1.29, 1.82) is 5.26 Å². The molecule has 2 aliphatic rings. The second-order valence-corrected chi connectivity index (χ2v) is 6.45. The third-order valence-corrected chi connectivity index (χ3v) is 4.47. The molecule has 2 aromatic rings. The SMILES string of the molecule is N#Cc1cccc(-n2c(=O)nc3n(Cc4ccc(Cl)nc4)cccc-3c2=O)c1. The molecule has 3 heterocycles. The first-order valence-corrected chi connectivity index (χ1v) is 8.68. The largest absolute Gasteiger partial charge is 0.357 e. The van der Waals surface area contributed by atoms with Crippen LogP contribution in [0.25, 0.3) is 17.1 Å². The average molecular weight is 390 g/mol. The van der Waals surface area contributed by atoms with Crippen molar-refractivity contribution in [2.45, 2.75) is 6.54 Å². The number of hydrogen-bond acceptors (Lipinski definition) is 5. The molecule has 0 aliphatic carbocycles. The molecule has 7 nitrogen and oxygen atoms in total. The molecule has 0 N–H and O–H groups in total. The number of nitriles is 1. The lowest BCUT2D eigenvalue weighted by molar-refractivity contribution is 0.750. The van der Waals surface area contributed by atoms with Crippen LogP contribution in [0.4, 0.5) is 0 Å².